The van der Waals surface area contributed by atoms with Crippen LogP contribution in [0.15, 0.2) is 97.2 Å². The average molecular weight is 1140 g/mol. The van der Waals surface area contributed by atoms with E-state index in [0.717, 1.165) is 148 Å². The van der Waals surface area contributed by atoms with Gasteiger partial charge in [-0.05, 0) is 116 Å². The first-order chi connectivity index (χ1) is 39.6. The second kappa shape index (κ2) is 56.1. The number of aliphatic carboxylic acids is 1. The molecule has 0 spiro atoms. The molecular formula is C69H114O12. The van der Waals surface area contributed by atoms with Crippen molar-refractivity contribution in [2.75, 3.05) is 13.2 Å². The summed E-state index contributed by atoms with van der Waals surface area (Å²) in [6, 6.07) is 0. The number of ether oxygens (including phenoxy) is 5. The van der Waals surface area contributed by atoms with E-state index in [9.17, 15) is 34.5 Å². The van der Waals surface area contributed by atoms with Gasteiger partial charge in [0.15, 0.2) is 24.6 Å². The second-order valence-electron chi connectivity index (χ2n) is 21.6. The van der Waals surface area contributed by atoms with Crippen molar-refractivity contribution in [1.82, 2.24) is 0 Å². The quantitative estimate of drug-likeness (QED) is 0.0228. The van der Waals surface area contributed by atoms with Crippen LogP contribution in [-0.4, -0.2) is 89.2 Å². The van der Waals surface area contributed by atoms with E-state index in [-0.39, 0.29) is 25.9 Å². The van der Waals surface area contributed by atoms with Gasteiger partial charge >= 0.3 is 23.9 Å². The fourth-order valence-corrected chi connectivity index (χ4v) is 9.25. The lowest BCUT2D eigenvalue weighted by Gasteiger charge is -2.40. The predicted molar refractivity (Wildman–Crippen MR) is 331 cm³/mol. The zero-order valence-corrected chi connectivity index (χ0v) is 51.0. The summed E-state index contributed by atoms with van der Waals surface area (Å²) in [5.41, 5.74) is 0. The van der Waals surface area contributed by atoms with Gasteiger partial charge in [0.25, 0.3) is 0 Å². The Hall–Kier alpha value is -4.36. The molecule has 0 aromatic rings. The molecule has 0 aromatic heterocycles. The summed E-state index contributed by atoms with van der Waals surface area (Å²) >= 11 is 0. The monoisotopic (exact) mass is 1130 g/mol. The highest BCUT2D eigenvalue weighted by atomic mass is 16.7. The summed E-state index contributed by atoms with van der Waals surface area (Å²) in [7, 11) is 0. The van der Waals surface area contributed by atoms with Crippen LogP contribution in [0, 0.1) is 0 Å². The van der Waals surface area contributed by atoms with Gasteiger partial charge < -0.3 is 39.0 Å². The number of carboxylic acid groups (broad SMARTS) is 1. The SMILES string of the molecule is CC/C=C\C/C=C\C/C=C\C/C=C\CCCCCCCCC(=O)OCC(COC1OC(C(=O)O)C(O)C(O)C1OC(=O)CCCCCCC/C=C\C/C=C\C/C=C\CC)OC(=O)CCCCCCCCC/C=C\CCCCCCCC. The summed E-state index contributed by atoms with van der Waals surface area (Å²) in [5.74, 6) is -3.16. The molecule has 1 aliphatic heterocycles. The summed E-state index contributed by atoms with van der Waals surface area (Å²) in [5, 5.41) is 31.6. The van der Waals surface area contributed by atoms with E-state index < -0.39 is 67.3 Å². The maximum atomic E-state index is 13.2. The van der Waals surface area contributed by atoms with Gasteiger partial charge in [-0.3, -0.25) is 14.4 Å². The molecule has 0 saturated carbocycles. The highest BCUT2D eigenvalue weighted by Gasteiger charge is 2.50. The summed E-state index contributed by atoms with van der Waals surface area (Å²) < 4.78 is 28.5. The minimum Gasteiger partial charge on any atom is -0.479 e. The summed E-state index contributed by atoms with van der Waals surface area (Å²) in [6.45, 7) is 5.76. The first-order valence-electron chi connectivity index (χ1n) is 32.2. The molecule has 1 saturated heterocycles. The zero-order chi connectivity index (χ0) is 58.9. The van der Waals surface area contributed by atoms with Crippen LogP contribution >= 0.6 is 0 Å². The van der Waals surface area contributed by atoms with Gasteiger partial charge in [0, 0.05) is 19.3 Å². The molecule has 1 rings (SSSR count). The van der Waals surface area contributed by atoms with Gasteiger partial charge in [0.2, 0.25) is 0 Å². The summed E-state index contributed by atoms with van der Waals surface area (Å²) in [6.07, 6.45) is 62.2. The Bertz CT molecular complexity index is 1780. The highest BCUT2D eigenvalue weighted by Crippen LogP contribution is 2.26. The Labute approximate surface area is 492 Å². The molecule has 1 heterocycles. The lowest BCUT2D eigenvalue weighted by atomic mass is 9.98. The van der Waals surface area contributed by atoms with Crippen molar-refractivity contribution in [3.05, 3.63) is 97.2 Å². The Kier molecular flexibility index (Phi) is 51.7. The molecule has 0 amide bonds. The molecular weight excluding hydrogens is 1020 g/mol. The van der Waals surface area contributed by atoms with Crippen molar-refractivity contribution < 1.29 is 58.2 Å². The molecule has 0 bridgehead atoms. The molecule has 6 unspecified atom stereocenters. The lowest BCUT2D eigenvalue weighted by molar-refractivity contribution is -0.301. The van der Waals surface area contributed by atoms with Gasteiger partial charge in [-0.1, -0.05) is 227 Å². The van der Waals surface area contributed by atoms with E-state index in [1.807, 2.05) is 0 Å². The minimum absolute atomic E-state index is 0.0357. The first-order valence-corrected chi connectivity index (χ1v) is 32.2. The number of carbonyl (C=O) groups excluding carboxylic acids is 3. The van der Waals surface area contributed by atoms with Crippen LogP contribution in [-0.2, 0) is 42.9 Å². The largest absolute Gasteiger partial charge is 0.479 e. The van der Waals surface area contributed by atoms with Crippen molar-refractivity contribution in [1.29, 1.82) is 0 Å². The van der Waals surface area contributed by atoms with Crippen molar-refractivity contribution in [2.24, 2.45) is 0 Å². The number of aliphatic hydroxyl groups is 2. The third-order valence-corrected chi connectivity index (χ3v) is 14.1. The third-order valence-electron chi connectivity index (χ3n) is 14.1. The molecule has 12 heteroatoms. The molecule has 462 valence electrons. The number of unbranched alkanes of at least 4 members (excludes halogenated alkanes) is 24. The molecule has 6 atom stereocenters. The zero-order valence-electron chi connectivity index (χ0n) is 51.0. The standard InChI is InChI=1S/C69H114O12/c1-4-7-10-13-16-19-22-25-28-30-31-33-35-37-40-43-46-49-52-55-61(70)77-58-60(79-62(71)56-53-50-47-44-41-39-36-32-29-26-23-20-17-14-11-8-5-2)59-78-69-67(65(74)64(73)66(81-69)68(75)76)80-63(72)57-54-51-48-45-42-38-34-27-24-21-18-15-12-9-6-3/h7,9-10,12,16,18-19,21,25-29,31,33-34,60,64-67,69,73-74H,4-6,8,11,13-15,17,20,22-24,30,32,35-59H2,1-3H3,(H,75,76)/b10-7-,12-9-,19-16-,21-18-,28-25-,29-26-,33-31-,34-27-. The number of carboxylic acids is 1. The maximum absolute atomic E-state index is 13.2. The fraction of sp³-hybridized carbons (Fsp3) is 0.710. The van der Waals surface area contributed by atoms with Gasteiger partial charge in [0.05, 0.1) is 6.61 Å². The van der Waals surface area contributed by atoms with Gasteiger partial charge in [-0.15, -0.1) is 0 Å². The van der Waals surface area contributed by atoms with E-state index in [2.05, 4.69) is 118 Å². The number of hydrogen-bond donors (Lipinski definition) is 3. The molecule has 1 aliphatic rings. The van der Waals surface area contributed by atoms with Crippen molar-refractivity contribution in [2.45, 2.75) is 302 Å². The number of hydrogen-bond acceptors (Lipinski definition) is 11. The number of rotatable bonds is 54. The van der Waals surface area contributed by atoms with Crippen molar-refractivity contribution >= 4 is 23.9 Å². The highest BCUT2D eigenvalue weighted by molar-refractivity contribution is 5.74. The molecule has 12 nitrogen and oxygen atoms in total. The molecule has 0 aromatic carbocycles. The van der Waals surface area contributed by atoms with Crippen molar-refractivity contribution in [3.8, 4) is 0 Å². The van der Waals surface area contributed by atoms with Crippen LogP contribution < -0.4 is 0 Å². The summed E-state index contributed by atoms with van der Waals surface area (Å²) in [4.78, 5) is 51.3. The van der Waals surface area contributed by atoms with Crippen LogP contribution in [0.25, 0.3) is 0 Å². The number of esters is 3. The Morgan fingerprint density at radius 1 is 0.420 bits per heavy atom. The molecule has 0 radical (unpaired) electrons. The number of carbonyl (C=O) groups is 4. The van der Waals surface area contributed by atoms with Crippen LogP contribution in [0.4, 0.5) is 0 Å². The van der Waals surface area contributed by atoms with E-state index in [4.69, 9.17) is 23.7 Å². The van der Waals surface area contributed by atoms with E-state index in [0.29, 0.717) is 19.3 Å². The second-order valence-corrected chi connectivity index (χ2v) is 21.6. The third kappa shape index (κ3) is 45.8. The number of aliphatic hydroxyl groups excluding tert-OH is 2. The molecule has 0 aliphatic carbocycles. The lowest BCUT2D eigenvalue weighted by Crippen LogP contribution is -2.61. The van der Waals surface area contributed by atoms with Crippen LogP contribution in [0.1, 0.15) is 265 Å². The van der Waals surface area contributed by atoms with E-state index in [1.54, 1.807) is 0 Å². The molecule has 81 heavy (non-hydrogen) atoms. The van der Waals surface area contributed by atoms with E-state index in [1.165, 1.54) is 57.8 Å². The maximum Gasteiger partial charge on any atom is 0.335 e. The van der Waals surface area contributed by atoms with Crippen LogP contribution in [0.5, 0.6) is 0 Å². The smallest absolute Gasteiger partial charge is 0.335 e. The first kappa shape index (κ1) is 74.7. The van der Waals surface area contributed by atoms with Gasteiger partial charge in [0.1, 0.15) is 18.8 Å². The van der Waals surface area contributed by atoms with E-state index >= 15 is 0 Å². The topological polar surface area (TPSA) is 175 Å². The normalized spacial score (nSPS) is 18.4. The Morgan fingerprint density at radius 2 is 0.778 bits per heavy atom. The van der Waals surface area contributed by atoms with Crippen LogP contribution in [0.2, 0.25) is 0 Å². The average Bonchev–Trinajstić information content (AvgIpc) is 3.53. The molecule has 3 N–H and O–H groups in total. The Balaban J connectivity index is 2.69. The van der Waals surface area contributed by atoms with Gasteiger partial charge in [-0.25, -0.2) is 4.79 Å². The minimum atomic E-state index is -1.92. The van der Waals surface area contributed by atoms with Gasteiger partial charge in [-0.2, -0.15) is 0 Å². The predicted octanol–water partition coefficient (Wildman–Crippen LogP) is 17.2. The molecule has 1 fully saturated rings. The van der Waals surface area contributed by atoms with Crippen LogP contribution in [0.3, 0.4) is 0 Å². The van der Waals surface area contributed by atoms with Crippen molar-refractivity contribution in [3.63, 3.8) is 0 Å². The fourth-order valence-electron chi connectivity index (χ4n) is 9.25. The Morgan fingerprint density at radius 3 is 1.20 bits per heavy atom. The number of allylic oxidation sites excluding steroid dienone is 16.